The summed E-state index contributed by atoms with van der Waals surface area (Å²) >= 11 is 4.50. The van der Waals surface area contributed by atoms with E-state index in [-0.39, 0.29) is 21.7 Å². The molecule has 0 saturated heterocycles. The van der Waals surface area contributed by atoms with E-state index in [1.165, 1.54) is 0 Å². The first kappa shape index (κ1) is 11.9. The number of rotatable bonds is 2. The monoisotopic (exact) mass is 191 g/mol. The SMILES string of the molecule is CCN(CC)C(O)=S.[Ni]. The fourth-order valence-corrected chi connectivity index (χ4v) is 0.752. The van der Waals surface area contributed by atoms with Gasteiger partial charge in [-0.15, -0.1) is 0 Å². The average molecular weight is 192 g/mol. The molecule has 4 heteroatoms. The molecule has 9 heavy (non-hydrogen) atoms. The molecule has 0 atom stereocenters. The largest absolute Gasteiger partial charge is 0.487 e. The minimum atomic E-state index is -0.00463. The van der Waals surface area contributed by atoms with Gasteiger partial charge in [-0.2, -0.15) is 0 Å². The number of hydrogen-bond donors (Lipinski definition) is 1. The Bertz CT molecular complexity index is 85.0. The van der Waals surface area contributed by atoms with E-state index in [1.807, 2.05) is 13.8 Å². The van der Waals surface area contributed by atoms with E-state index in [4.69, 9.17) is 5.11 Å². The molecule has 0 aromatic carbocycles. The number of nitrogens with zero attached hydrogens (tertiary/aromatic N) is 1. The first-order chi connectivity index (χ1) is 3.72. The molecule has 0 rings (SSSR count). The van der Waals surface area contributed by atoms with Crippen molar-refractivity contribution >= 4 is 17.4 Å². The second-order valence-electron chi connectivity index (χ2n) is 1.45. The molecule has 0 spiro atoms. The van der Waals surface area contributed by atoms with Crippen LogP contribution in [0, 0.1) is 0 Å². The standard InChI is InChI=1S/C5H11NOS.Ni/c1-3-6(4-2)5(7)8;/h3-4H2,1-2H3,(H,7,8);. The maximum atomic E-state index is 8.67. The zero-order valence-electron chi connectivity index (χ0n) is 5.53. The van der Waals surface area contributed by atoms with Gasteiger partial charge < -0.3 is 10.0 Å². The van der Waals surface area contributed by atoms with Crippen molar-refractivity contribution in [3.63, 3.8) is 0 Å². The normalized spacial score (nSPS) is 7.78. The summed E-state index contributed by atoms with van der Waals surface area (Å²) in [5, 5.41) is 8.66. The average Bonchev–Trinajstić information content (AvgIpc) is 1.69. The van der Waals surface area contributed by atoms with Gasteiger partial charge in [0, 0.05) is 29.6 Å². The molecule has 0 bridgehead atoms. The fraction of sp³-hybridized carbons (Fsp3) is 0.800. The predicted octanol–water partition coefficient (Wildman–Crippen LogP) is 1.17. The van der Waals surface area contributed by atoms with Gasteiger partial charge in [0.05, 0.1) is 0 Å². The van der Waals surface area contributed by atoms with Gasteiger partial charge in [-0.25, -0.2) is 0 Å². The first-order valence-electron chi connectivity index (χ1n) is 2.70. The van der Waals surface area contributed by atoms with E-state index >= 15 is 0 Å². The summed E-state index contributed by atoms with van der Waals surface area (Å²) in [6.45, 7) is 5.47. The maximum Gasteiger partial charge on any atom is 0.256 e. The van der Waals surface area contributed by atoms with Gasteiger partial charge >= 0.3 is 0 Å². The molecule has 1 N–H and O–H groups in total. The summed E-state index contributed by atoms with van der Waals surface area (Å²) in [5.74, 6) is 0. The number of hydrogen-bond acceptors (Lipinski definition) is 1. The van der Waals surface area contributed by atoms with Crippen LogP contribution in [0.4, 0.5) is 0 Å². The Hall–Kier alpha value is 0.184. The molecule has 2 nitrogen and oxygen atoms in total. The number of aliphatic hydroxyl groups excluding tert-OH is 1. The third-order valence-electron chi connectivity index (χ3n) is 1.03. The van der Waals surface area contributed by atoms with Crippen molar-refractivity contribution in [3.8, 4) is 0 Å². The van der Waals surface area contributed by atoms with Crippen LogP contribution in [0.25, 0.3) is 0 Å². The van der Waals surface area contributed by atoms with Gasteiger partial charge in [0.1, 0.15) is 0 Å². The van der Waals surface area contributed by atoms with Gasteiger partial charge in [-0.05, 0) is 26.1 Å². The van der Waals surface area contributed by atoms with Gasteiger partial charge in [0.15, 0.2) is 0 Å². The van der Waals surface area contributed by atoms with Crippen LogP contribution in [0.5, 0.6) is 0 Å². The third kappa shape index (κ3) is 4.67. The Morgan fingerprint density at radius 1 is 1.44 bits per heavy atom. The zero-order chi connectivity index (χ0) is 6.57. The van der Waals surface area contributed by atoms with E-state index in [0.717, 1.165) is 13.1 Å². The van der Waals surface area contributed by atoms with E-state index in [9.17, 15) is 0 Å². The van der Waals surface area contributed by atoms with Crippen LogP contribution < -0.4 is 0 Å². The first-order valence-corrected chi connectivity index (χ1v) is 3.11. The van der Waals surface area contributed by atoms with Gasteiger partial charge in [-0.1, -0.05) is 0 Å². The quantitative estimate of drug-likeness (QED) is 0.524. The zero-order valence-corrected chi connectivity index (χ0v) is 7.34. The van der Waals surface area contributed by atoms with Crippen molar-refractivity contribution in [1.82, 2.24) is 4.90 Å². The second-order valence-corrected chi connectivity index (χ2v) is 1.82. The van der Waals surface area contributed by atoms with Gasteiger partial charge in [-0.3, -0.25) is 0 Å². The molecule has 0 saturated carbocycles. The molecular weight excluding hydrogens is 181 g/mol. The van der Waals surface area contributed by atoms with Crippen LogP contribution in [0.3, 0.4) is 0 Å². The third-order valence-corrected chi connectivity index (χ3v) is 1.29. The molecule has 0 aromatic heterocycles. The molecule has 0 radical (unpaired) electrons. The fourth-order valence-electron chi connectivity index (χ4n) is 0.494. The van der Waals surface area contributed by atoms with Crippen LogP contribution in [0.1, 0.15) is 13.8 Å². The van der Waals surface area contributed by atoms with E-state index in [1.54, 1.807) is 4.90 Å². The minimum Gasteiger partial charge on any atom is -0.487 e. The molecule has 0 amide bonds. The van der Waals surface area contributed by atoms with Crippen LogP contribution >= 0.6 is 12.2 Å². The Labute approximate surface area is 71.2 Å². The molecule has 0 aliphatic heterocycles. The predicted molar refractivity (Wildman–Crippen MR) is 38.1 cm³/mol. The van der Waals surface area contributed by atoms with Crippen LogP contribution in [-0.4, -0.2) is 28.3 Å². The Balaban J connectivity index is 0. The topological polar surface area (TPSA) is 23.5 Å². The van der Waals surface area contributed by atoms with E-state index < -0.39 is 0 Å². The molecule has 0 aliphatic carbocycles. The number of thiocarbonyl (C=S) groups is 1. The van der Waals surface area contributed by atoms with Crippen LogP contribution in [0.2, 0.25) is 0 Å². The smallest absolute Gasteiger partial charge is 0.256 e. The maximum absolute atomic E-state index is 8.67. The van der Waals surface area contributed by atoms with Gasteiger partial charge in [0.2, 0.25) is 0 Å². The molecule has 0 aromatic rings. The van der Waals surface area contributed by atoms with E-state index in [0.29, 0.717) is 0 Å². The van der Waals surface area contributed by atoms with Crippen molar-refractivity contribution in [2.45, 2.75) is 13.8 Å². The van der Waals surface area contributed by atoms with Crippen LogP contribution in [-0.2, 0) is 16.5 Å². The summed E-state index contributed by atoms with van der Waals surface area (Å²) in [4.78, 5) is 1.70. The van der Waals surface area contributed by atoms with Crippen molar-refractivity contribution in [2.75, 3.05) is 13.1 Å². The van der Waals surface area contributed by atoms with E-state index in [2.05, 4.69) is 12.2 Å². The van der Waals surface area contributed by atoms with Gasteiger partial charge in [0.25, 0.3) is 5.17 Å². The van der Waals surface area contributed by atoms with Crippen LogP contribution in [0.15, 0.2) is 0 Å². The molecule has 58 valence electrons. The summed E-state index contributed by atoms with van der Waals surface area (Å²) in [6.07, 6.45) is 0. The Kier molecular flexibility index (Phi) is 8.35. The minimum absolute atomic E-state index is 0. The summed E-state index contributed by atoms with van der Waals surface area (Å²) < 4.78 is 0. The Morgan fingerprint density at radius 3 is 1.78 bits per heavy atom. The molecule has 0 fully saturated rings. The second kappa shape index (κ2) is 6.31. The molecular formula is C5H11NNiOS. The summed E-state index contributed by atoms with van der Waals surface area (Å²) in [6, 6.07) is 0. The Morgan fingerprint density at radius 2 is 1.78 bits per heavy atom. The summed E-state index contributed by atoms with van der Waals surface area (Å²) in [5.41, 5.74) is 0. The van der Waals surface area contributed by atoms with Crippen molar-refractivity contribution in [3.05, 3.63) is 0 Å². The molecule has 0 aliphatic rings. The molecule has 0 heterocycles. The van der Waals surface area contributed by atoms with Crippen molar-refractivity contribution in [2.24, 2.45) is 0 Å². The number of aliphatic hydroxyl groups is 1. The summed E-state index contributed by atoms with van der Waals surface area (Å²) in [7, 11) is 0. The molecule has 0 unspecified atom stereocenters. The van der Waals surface area contributed by atoms with Crippen molar-refractivity contribution in [1.29, 1.82) is 0 Å². The van der Waals surface area contributed by atoms with Crippen molar-refractivity contribution < 1.29 is 21.6 Å².